The number of carbonyl (C=O) groups is 2. The van der Waals surface area contributed by atoms with E-state index >= 15 is 0 Å². The summed E-state index contributed by atoms with van der Waals surface area (Å²) in [5.41, 5.74) is 0.381. The van der Waals surface area contributed by atoms with Crippen LogP contribution in [-0.4, -0.2) is 42.3 Å². The van der Waals surface area contributed by atoms with Gasteiger partial charge in [0.05, 0.1) is 13.5 Å². The Labute approximate surface area is 108 Å². The molecule has 1 fully saturated rings. The lowest BCUT2D eigenvalue weighted by Crippen LogP contribution is -2.40. The minimum absolute atomic E-state index is 0.175. The van der Waals surface area contributed by atoms with Crippen molar-refractivity contribution in [2.45, 2.75) is 45.3 Å². The van der Waals surface area contributed by atoms with Crippen molar-refractivity contribution in [2.75, 3.05) is 13.7 Å². The molecule has 0 radical (unpaired) electrons. The lowest BCUT2D eigenvalue weighted by atomic mass is 10.1. The number of hydrogen-bond donors (Lipinski definition) is 0. The highest BCUT2D eigenvalue weighted by Crippen LogP contribution is 2.26. The van der Waals surface area contributed by atoms with Crippen molar-refractivity contribution < 1.29 is 19.1 Å². The highest BCUT2D eigenvalue weighted by molar-refractivity contribution is 5.74. The van der Waals surface area contributed by atoms with Gasteiger partial charge in [-0.25, -0.2) is 4.79 Å². The van der Waals surface area contributed by atoms with Crippen LogP contribution < -0.4 is 0 Å². The normalized spacial score (nSPS) is 19.9. The number of carbonyl (C=O) groups excluding carboxylic acids is 2. The van der Waals surface area contributed by atoms with Crippen LogP contribution in [0.3, 0.4) is 0 Å². The van der Waals surface area contributed by atoms with Gasteiger partial charge in [0.15, 0.2) is 0 Å². The fourth-order valence-corrected chi connectivity index (χ4v) is 1.87. The van der Waals surface area contributed by atoms with Gasteiger partial charge in [0, 0.05) is 12.6 Å². The molecule has 0 spiro atoms. The lowest BCUT2D eigenvalue weighted by Gasteiger charge is -2.27. The highest BCUT2D eigenvalue weighted by atomic mass is 16.6. The molecule has 1 amide bonds. The predicted octanol–water partition coefficient (Wildman–Crippen LogP) is 2.12. The van der Waals surface area contributed by atoms with Crippen LogP contribution >= 0.6 is 0 Å². The largest absolute Gasteiger partial charge is 0.469 e. The van der Waals surface area contributed by atoms with Gasteiger partial charge in [-0.1, -0.05) is 12.2 Å². The Morgan fingerprint density at radius 3 is 2.56 bits per heavy atom. The second-order valence-electron chi connectivity index (χ2n) is 5.50. The van der Waals surface area contributed by atoms with Crippen LogP contribution in [0.15, 0.2) is 12.2 Å². The zero-order valence-electron chi connectivity index (χ0n) is 11.5. The lowest BCUT2D eigenvalue weighted by molar-refractivity contribution is -0.141. The molecule has 0 aromatic rings. The maximum atomic E-state index is 12.0. The zero-order valence-corrected chi connectivity index (χ0v) is 11.5. The van der Waals surface area contributed by atoms with Crippen molar-refractivity contribution >= 4 is 12.1 Å². The van der Waals surface area contributed by atoms with E-state index in [1.54, 1.807) is 4.90 Å². The van der Waals surface area contributed by atoms with Crippen LogP contribution in [-0.2, 0) is 14.3 Å². The molecule has 1 atom stereocenters. The third kappa shape index (κ3) is 4.05. The first-order valence-electron chi connectivity index (χ1n) is 5.96. The Morgan fingerprint density at radius 2 is 2.06 bits per heavy atom. The zero-order chi connectivity index (χ0) is 13.9. The Bertz CT molecular complexity index is 356. The third-order valence-electron chi connectivity index (χ3n) is 2.62. The molecule has 0 bridgehead atoms. The van der Waals surface area contributed by atoms with Crippen LogP contribution in [0.25, 0.3) is 0 Å². The minimum Gasteiger partial charge on any atom is -0.469 e. The van der Waals surface area contributed by atoms with Gasteiger partial charge in [-0.15, -0.1) is 0 Å². The van der Waals surface area contributed by atoms with Gasteiger partial charge < -0.3 is 14.4 Å². The van der Waals surface area contributed by atoms with E-state index in [4.69, 9.17) is 4.74 Å². The Balaban J connectivity index is 2.69. The SMILES string of the molecule is C=C1CC(CC(=O)OC)N(C(=O)OC(C)(C)C)C1. The predicted molar refractivity (Wildman–Crippen MR) is 67.1 cm³/mol. The van der Waals surface area contributed by atoms with E-state index < -0.39 is 11.7 Å². The summed E-state index contributed by atoms with van der Waals surface area (Å²) in [6, 6.07) is -0.209. The van der Waals surface area contributed by atoms with Crippen molar-refractivity contribution in [3.8, 4) is 0 Å². The van der Waals surface area contributed by atoms with Gasteiger partial charge >= 0.3 is 12.1 Å². The van der Waals surface area contributed by atoms with E-state index in [9.17, 15) is 9.59 Å². The van der Waals surface area contributed by atoms with Gasteiger partial charge in [-0.2, -0.15) is 0 Å². The van der Waals surface area contributed by atoms with E-state index in [1.165, 1.54) is 7.11 Å². The first-order chi connectivity index (χ1) is 8.23. The third-order valence-corrected chi connectivity index (χ3v) is 2.62. The second-order valence-corrected chi connectivity index (χ2v) is 5.50. The number of rotatable bonds is 2. The fraction of sp³-hybridized carbons (Fsp3) is 0.692. The van der Waals surface area contributed by atoms with Crippen LogP contribution in [0.1, 0.15) is 33.6 Å². The number of esters is 1. The Kier molecular flexibility index (Phi) is 4.38. The number of nitrogens with zero attached hydrogens (tertiary/aromatic N) is 1. The number of methoxy groups -OCH3 is 1. The summed E-state index contributed by atoms with van der Waals surface area (Å²) in [5.74, 6) is -0.330. The van der Waals surface area contributed by atoms with Crippen LogP contribution in [0.2, 0.25) is 0 Å². The first kappa shape index (κ1) is 14.5. The van der Waals surface area contributed by atoms with Gasteiger partial charge in [-0.05, 0) is 27.2 Å². The standard InChI is InChI=1S/C13H21NO4/c1-9-6-10(7-11(15)17-5)14(8-9)12(16)18-13(2,3)4/h10H,1,6-8H2,2-5H3. The smallest absolute Gasteiger partial charge is 0.410 e. The van der Waals surface area contributed by atoms with E-state index in [0.29, 0.717) is 13.0 Å². The average Bonchev–Trinajstić information content (AvgIpc) is 2.56. The summed E-state index contributed by atoms with van der Waals surface area (Å²) in [4.78, 5) is 24.8. The number of hydrogen-bond acceptors (Lipinski definition) is 4. The quantitative estimate of drug-likeness (QED) is 0.560. The summed E-state index contributed by atoms with van der Waals surface area (Å²) < 4.78 is 9.94. The topological polar surface area (TPSA) is 55.8 Å². The molecule has 1 rings (SSSR count). The van der Waals surface area contributed by atoms with E-state index in [-0.39, 0.29) is 18.4 Å². The maximum absolute atomic E-state index is 12.0. The minimum atomic E-state index is -0.545. The summed E-state index contributed by atoms with van der Waals surface area (Å²) >= 11 is 0. The highest BCUT2D eigenvalue weighted by Gasteiger charge is 2.35. The molecule has 0 aliphatic carbocycles. The Morgan fingerprint density at radius 1 is 1.44 bits per heavy atom. The van der Waals surface area contributed by atoms with Gasteiger partial charge in [-0.3, -0.25) is 4.79 Å². The van der Waals surface area contributed by atoms with Gasteiger partial charge in [0.1, 0.15) is 5.60 Å². The molecular weight excluding hydrogens is 234 g/mol. The maximum Gasteiger partial charge on any atom is 0.410 e. The molecule has 18 heavy (non-hydrogen) atoms. The molecule has 1 saturated heterocycles. The van der Waals surface area contributed by atoms with Crippen molar-refractivity contribution in [2.24, 2.45) is 0 Å². The first-order valence-corrected chi connectivity index (χ1v) is 5.96. The Hall–Kier alpha value is -1.52. The summed E-state index contributed by atoms with van der Waals surface area (Å²) in [5, 5.41) is 0. The number of ether oxygens (including phenoxy) is 2. The number of likely N-dealkylation sites (tertiary alicyclic amines) is 1. The van der Waals surface area contributed by atoms with Crippen molar-refractivity contribution in [3.05, 3.63) is 12.2 Å². The van der Waals surface area contributed by atoms with Crippen molar-refractivity contribution in [3.63, 3.8) is 0 Å². The van der Waals surface area contributed by atoms with Crippen LogP contribution in [0.4, 0.5) is 4.79 Å². The monoisotopic (exact) mass is 255 g/mol. The molecule has 0 aromatic carbocycles. The van der Waals surface area contributed by atoms with Gasteiger partial charge in [0.2, 0.25) is 0 Å². The second kappa shape index (κ2) is 5.42. The van der Waals surface area contributed by atoms with E-state index in [2.05, 4.69) is 11.3 Å². The number of amides is 1. The van der Waals surface area contributed by atoms with Crippen LogP contribution in [0.5, 0.6) is 0 Å². The fourth-order valence-electron chi connectivity index (χ4n) is 1.87. The summed E-state index contributed by atoms with van der Waals surface area (Å²) in [7, 11) is 1.34. The molecule has 0 aromatic heterocycles. The summed E-state index contributed by atoms with van der Waals surface area (Å²) in [6.07, 6.45) is 0.387. The molecule has 1 aliphatic rings. The molecule has 0 N–H and O–H groups in total. The van der Waals surface area contributed by atoms with Crippen molar-refractivity contribution in [1.29, 1.82) is 0 Å². The molecular formula is C13H21NO4. The molecule has 1 unspecified atom stereocenters. The molecule has 5 nitrogen and oxygen atoms in total. The average molecular weight is 255 g/mol. The molecule has 102 valence electrons. The van der Waals surface area contributed by atoms with Crippen LogP contribution in [0, 0.1) is 0 Å². The van der Waals surface area contributed by atoms with Crippen molar-refractivity contribution in [1.82, 2.24) is 4.90 Å². The van der Waals surface area contributed by atoms with E-state index in [1.807, 2.05) is 20.8 Å². The molecule has 1 aliphatic heterocycles. The molecule has 0 saturated carbocycles. The molecule has 5 heteroatoms. The summed E-state index contributed by atoms with van der Waals surface area (Å²) in [6.45, 7) is 9.74. The molecule has 1 heterocycles. The van der Waals surface area contributed by atoms with Gasteiger partial charge in [0.25, 0.3) is 0 Å². The van der Waals surface area contributed by atoms with E-state index in [0.717, 1.165) is 5.57 Å².